The molecule has 21 heavy (non-hydrogen) atoms. The van der Waals surface area contributed by atoms with Crippen molar-refractivity contribution in [3.05, 3.63) is 35.4 Å². The number of hydrogen-bond acceptors (Lipinski definition) is 2. The summed E-state index contributed by atoms with van der Waals surface area (Å²) in [5, 5.41) is 3.32. The van der Waals surface area contributed by atoms with Crippen molar-refractivity contribution >= 4 is 0 Å². The van der Waals surface area contributed by atoms with Crippen molar-refractivity contribution in [3.63, 3.8) is 0 Å². The van der Waals surface area contributed by atoms with Gasteiger partial charge in [-0.1, -0.05) is 19.9 Å². The molecule has 0 radical (unpaired) electrons. The van der Waals surface area contributed by atoms with Gasteiger partial charge in [0.25, 0.3) is 0 Å². The lowest BCUT2D eigenvalue weighted by Gasteiger charge is -2.48. The first-order chi connectivity index (χ1) is 9.91. The summed E-state index contributed by atoms with van der Waals surface area (Å²) in [6.45, 7) is 5.77. The van der Waals surface area contributed by atoms with Crippen LogP contribution < -0.4 is 5.32 Å². The van der Waals surface area contributed by atoms with E-state index in [1.807, 2.05) is 0 Å². The Balaban J connectivity index is 1.81. The lowest BCUT2D eigenvalue weighted by molar-refractivity contribution is -0.148. The second kappa shape index (κ2) is 5.33. The van der Waals surface area contributed by atoms with Crippen LogP contribution >= 0.6 is 0 Å². The summed E-state index contributed by atoms with van der Waals surface area (Å²) < 4.78 is 34.1. The van der Waals surface area contributed by atoms with Crippen LogP contribution in [0.5, 0.6) is 0 Å². The van der Waals surface area contributed by atoms with Gasteiger partial charge in [-0.3, -0.25) is 0 Å². The number of morpholine rings is 1. The lowest BCUT2D eigenvalue weighted by Crippen LogP contribution is -2.53. The third-order valence-corrected chi connectivity index (χ3v) is 5.01. The summed E-state index contributed by atoms with van der Waals surface area (Å²) in [6, 6.07) is 3.99. The molecule has 2 fully saturated rings. The molecule has 0 aromatic heterocycles. The van der Waals surface area contributed by atoms with E-state index in [0.717, 1.165) is 32.2 Å². The fraction of sp³-hybridized carbons (Fsp3) is 0.647. The summed E-state index contributed by atoms with van der Waals surface area (Å²) in [7, 11) is 0. The SMILES string of the molecule is CC1(C)CCC2(CC1)CNCC(c1c(F)cccc1F)O2. The van der Waals surface area contributed by atoms with Crippen molar-refractivity contribution < 1.29 is 13.5 Å². The van der Waals surface area contributed by atoms with Gasteiger partial charge < -0.3 is 10.1 Å². The van der Waals surface area contributed by atoms with E-state index in [1.54, 1.807) is 0 Å². The first kappa shape index (κ1) is 14.9. The van der Waals surface area contributed by atoms with E-state index in [0.29, 0.717) is 12.0 Å². The highest BCUT2D eigenvalue weighted by Gasteiger charge is 2.43. The van der Waals surface area contributed by atoms with Crippen molar-refractivity contribution in [3.8, 4) is 0 Å². The van der Waals surface area contributed by atoms with Crippen molar-refractivity contribution in [2.24, 2.45) is 5.41 Å². The molecule has 1 saturated carbocycles. The molecule has 1 saturated heterocycles. The summed E-state index contributed by atoms with van der Waals surface area (Å²) in [6.07, 6.45) is 3.52. The Hall–Kier alpha value is -1.00. The number of rotatable bonds is 1. The van der Waals surface area contributed by atoms with Crippen LogP contribution in [0.25, 0.3) is 0 Å². The largest absolute Gasteiger partial charge is 0.364 e. The molecule has 1 heterocycles. The average molecular weight is 295 g/mol. The van der Waals surface area contributed by atoms with E-state index >= 15 is 0 Å². The Morgan fingerprint density at radius 1 is 1.10 bits per heavy atom. The molecule has 1 N–H and O–H groups in total. The molecule has 1 aliphatic carbocycles. The van der Waals surface area contributed by atoms with Crippen LogP contribution in [0.15, 0.2) is 18.2 Å². The molecule has 1 atom stereocenters. The summed E-state index contributed by atoms with van der Waals surface area (Å²) in [5.74, 6) is -1.04. The second-order valence-electron chi connectivity index (χ2n) is 7.22. The van der Waals surface area contributed by atoms with Gasteiger partial charge in [-0.2, -0.15) is 0 Å². The van der Waals surface area contributed by atoms with Crippen LogP contribution in [0.2, 0.25) is 0 Å². The second-order valence-corrected chi connectivity index (χ2v) is 7.22. The van der Waals surface area contributed by atoms with Gasteiger partial charge in [-0.05, 0) is 43.2 Å². The van der Waals surface area contributed by atoms with Crippen LogP contribution in [0.4, 0.5) is 8.78 Å². The van der Waals surface area contributed by atoms with Crippen LogP contribution in [-0.2, 0) is 4.74 Å². The van der Waals surface area contributed by atoms with Crippen LogP contribution in [-0.4, -0.2) is 18.7 Å². The van der Waals surface area contributed by atoms with Crippen molar-refractivity contribution in [1.29, 1.82) is 0 Å². The Labute approximate surface area is 124 Å². The third-order valence-electron chi connectivity index (χ3n) is 5.01. The Kier molecular flexibility index (Phi) is 3.78. The minimum atomic E-state index is -0.541. The van der Waals surface area contributed by atoms with E-state index in [9.17, 15) is 8.78 Å². The molecule has 0 bridgehead atoms. The van der Waals surface area contributed by atoms with Gasteiger partial charge in [0.1, 0.15) is 17.7 Å². The monoisotopic (exact) mass is 295 g/mol. The molecule has 1 aromatic rings. The molecule has 2 aliphatic rings. The average Bonchev–Trinajstić information content (AvgIpc) is 2.43. The van der Waals surface area contributed by atoms with E-state index in [-0.39, 0.29) is 11.2 Å². The van der Waals surface area contributed by atoms with Gasteiger partial charge in [0.05, 0.1) is 11.2 Å². The summed E-state index contributed by atoms with van der Waals surface area (Å²) in [5.41, 5.74) is 0.131. The normalized spacial score (nSPS) is 27.7. The van der Waals surface area contributed by atoms with Gasteiger partial charge in [-0.15, -0.1) is 0 Å². The molecule has 1 aliphatic heterocycles. The van der Waals surface area contributed by atoms with E-state index in [2.05, 4.69) is 19.2 Å². The van der Waals surface area contributed by atoms with Gasteiger partial charge in [0.2, 0.25) is 0 Å². The standard InChI is InChI=1S/C17H23F2NO/c1-16(2)6-8-17(9-7-16)11-20-10-14(21-17)15-12(18)4-3-5-13(15)19/h3-5,14,20H,6-11H2,1-2H3. The maximum absolute atomic E-state index is 14.0. The smallest absolute Gasteiger partial charge is 0.132 e. The van der Waals surface area contributed by atoms with Gasteiger partial charge in [0.15, 0.2) is 0 Å². The van der Waals surface area contributed by atoms with E-state index < -0.39 is 17.7 Å². The lowest BCUT2D eigenvalue weighted by atomic mass is 9.70. The Bertz CT molecular complexity index is 499. The first-order valence-electron chi connectivity index (χ1n) is 7.73. The predicted molar refractivity (Wildman–Crippen MR) is 78.0 cm³/mol. The highest BCUT2D eigenvalue weighted by atomic mass is 19.1. The maximum Gasteiger partial charge on any atom is 0.132 e. The van der Waals surface area contributed by atoms with Gasteiger partial charge in [0, 0.05) is 13.1 Å². The topological polar surface area (TPSA) is 21.3 Å². The number of ether oxygens (including phenoxy) is 1. The zero-order valence-corrected chi connectivity index (χ0v) is 12.7. The molecule has 3 rings (SSSR count). The molecular weight excluding hydrogens is 272 g/mol. The summed E-state index contributed by atoms with van der Waals surface area (Å²) >= 11 is 0. The Morgan fingerprint density at radius 3 is 2.33 bits per heavy atom. The highest BCUT2D eigenvalue weighted by molar-refractivity contribution is 5.23. The van der Waals surface area contributed by atoms with Crippen LogP contribution in [0.3, 0.4) is 0 Å². The number of nitrogens with one attached hydrogen (secondary N) is 1. The molecule has 1 aromatic carbocycles. The number of hydrogen-bond donors (Lipinski definition) is 1. The first-order valence-corrected chi connectivity index (χ1v) is 7.73. The van der Waals surface area contributed by atoms with Crippen LogP contribution in [0, 0.1) is 17.0 Å². The zero-order chi connectivity index (χ0) is 15.1. The molecule has 0 amide bonds. The predicted octanol–water partition coefficient (Wildman–Crippen LogP) is 3.96. The van der Waals surface area contributed by atoms with Crippen molar-refractivity contribution in [2.75, 3.05) is 13.1 Å². The van der Waals surface area contributed by atoms with Crippen molar-refractivity contribution in [2.45, 2.75) is 51.2 Å². The molecule has 2 nitrogen and oxygen atoms in total. The number of benzene rings is 1. The minimum absolute atomic E-state index is 0.0638. The molecule has 116 valence electrons. The minimum Gasteiger partial charge on any atom is -0.364 e. The molecular formula is C17H23F2NO. The molecule has 4 heteroatoms. The van der Waals surface area contributed by atoms with Gasteiger partial charge >= 0.3 is 0 Å². The van der Waals surface area contributed by atoms with Crippen LogP contribution in [0.1, 0.15) is 51.2 Å². The quantitative estimate of drug-likeness (QED) is 0.846. The number of halogens is 2. The van der Waals surface area contributed by atoms with Gasteiger partial charge in [-0.25, -0.2) is 8.78 Å². The van der Waals surface area contributed by atoms with Crippen molar-refractivity contribution in [1.82, 2.24) is 5.32 Å². The molecule has 1 spiro atoms. The molecule has 1 unspecified atom stereocenters. The fourth-order valence-corrected chi connectivity index (χ4v) is 3.47. The highest BCUT2D eigenvalue weighted by Crippen LogP contribution is 2.45. The maximum atomic E-state index is 14.0. The summed E-state index contributed by atoms with van der Waals surface area (Å²) in [4.78, 5) is 0. The fourth-order valence-electron chi connectivity index (χ4n) is 3.47. The Morgan fingerprint density at radius 2 is 1.71 bits per heavy atom. The van der Waals surface area contributed by atoms with E-state index in [1.165, 1.54) is 18.2 Å². The zero-order valence-electron chi connectivity index (χ0n) is 12.7. The third kappa shape index (κ3) is 2.97. The van der Waals surface area contributed by atoms with E-state index in [4.69, 9.17) is 4.74 Å².